The first-order valence-electron chi connectivity index (χ1n) is 15.6. The summed E-state index contributed by atoms with van der Waals surface area (Å²) in [5.41, 5.74) is 3.33. The Morgan fingerprint density at radius 1 is 0.778 bits per heavy atom. The summed E-state index contributed by atoms with van der Waals surface area (Å²) >= 11 is 0. The standard InChI is InChI=1S/C38H43NO6/c1-24-17-20-26(21-18-24)33-31(35(40)43-5)32(36(41)44-6)34(39(33)28-15-11-8-12-16-28)37(42)45-30-23-25(2)19-22-29(30)38(3,4)27-13-9-7-10-14-27/h7-18,20-21,25,29-30,33-34H,19,22-23H2,1-6H3/t25-,29-,30-,33+,34-/m1/s1. The van der Waals surface area contributed by atoms with Crippen molar-refractivity contribution in [3.8, 4) is 0 Å². The molecule has 1 heterocycles. The normalized spacial score (nSPS) is 23.4. The van der Waals surface area contributed by atoms with E-state index in [0.717, 1.165) is 24.0 Å². The molecular formula is C38H43NO6. The molecule has 7 nitrogen and oxygen atoms in total. The average molecular weight is 610 g/mol. The molecule has 5 atom stereocenters. The number of methoxy groups -OCH3 is 2. The fraction of sp³-hybridized carbons (Fsp3) is 0.395. The van der Waals surface area contributed by atoms with Crippen molar-refractivity contribution < 1.29 is 28.6 Å². The molecule has 3 aromatic carbocycles. The van der Waals surface area contributed by atoms with Crippen LogP contribution in [0.25, 0.3) is 0 Å². The van der Waals surface area contributed by atoms with Crippen LogP contribution in [0.5, 0.6) is 0 Å². The highest BCUT2D eigenvalue weighted by atomic mass is 16.6. The molecular weight excluding hydrogens is 566 g/mol. The molecule has 45 heavy (non-hydrogen) atoms. The number of carbonyl (C=O) groups is 3. The van der Waals surface area contributed by atoms with Crippen LogP contribution >= 0.6 is 0 Å². The molecule has 0 saturated heterocycles. The zero-order valence-electron chi connectivity index (χ0n) is 27.0. The predicted molar refractivity (Wildman–Crippen MR) is 174 cm³/mol. The summed E-state index contributed by atoms with van der Waals surface area (Å²) < 4.78 is 17.0. The second kappa shape index (κ2) is 13.3. The molecule has 0 aromatic heterocycles. The maximum Gasteiger partial charge on any atom is 0.337 e. The fourth-order valence-electron chi connectivity index (χ4n) is 7.17. The van der Waals surface area contributed by atoms with E-state index in [1.54, 1.807) is 4.90 Å². The molecule has 0 radical (unpaired) electrons. The molecule has 1 aliphatic carbocycles. The van der Waals surface area contributed by atoms with Crippen LogP contribution in [0.2, 0.25) is 0 Å². The second-order valence-electron chi connectivity index (χ2n) is 12.9. The summed E-state index contributed by atoms with van der Waals surface area (Å²) in [6, 6.07) is 25.3. The van der Waals surface area contributed by atoms with Crippen molar-refractivity contribution in [2.45, 2.75) is 70.6 Å². The Morgan fingerprint density at radius 3 is 1.96 bits per heavy atom. The smallest absolute Gasteiger partial charge is 0.337 e. The van der Waals surface area contributed by atoms with Crippen LogP contribution in [-0.4, -0.2) is 44.3 Å². The van der Waals surface area contributed by atoms with Gasteiger partial charge in [0.15, 0.2) is 6.04 Å². The van der Waals surface area contributed by atoms with Gasteiger partial charge in [0.1, 0.15) is 6.10 Å². The number of hydrogen-bond acceptors (Lipinski definition) is 7. The van der Waals surface area contributed by atoms with Gasteiger partial charge >= 0.3 is 17.9 Å². The van der Waals surface area contributed by atoms with Gasteiger partial charge in [0.25, 0.3) is 0 Å². The summed E-state index contributed by atoms with van der Waals surface area (Å²) in [6.45, 7) is 8.57. The largest absolute Gasteiger partial charge is 0.466 e. The Balaban J connectivity index is 1.64. The van der Waals surface area contributed by atoms with Crippen LogP contribution in [0, 0.1) is 18.8 Å². The maximum atomic E-state index is 14.7. The molecule has 0 spiro atoms. The first kappa shape index (κ1) is 32.0. The number of benzene rings is 3. The highest BCUT2D eigenvalue weighted by Gasteiger charge is 2.53. The van der Waals surface area contributed by atoms with E-state index in [2.05, 4.69) is 32.9 Å². The predicted octanol–water partition coefficient (Wildman–Crippen LogP) is 6.89. The number of esters is 3. The lowest BCUT2D eigenvalue weighted by Gasteiger charge is -2.44. The highest BCUT2D eigenvalue weighted by Crippen LogP contribution is 2.47. The molecule has 1 fully saturated rings. The van der Waals surface area contributed by atoms with Gasteiger partial charge in [0.05, 0.1) is 31.4 Å². The lowest BCUT2D eigenvalue weighted by molar-refractivity contribution is -0.158. The van der Waals surface area contributed by atoms with Gasteiger partial charge in [-0.1, -0.05) is 106 Å². The molecule has 1 saturated carbocycles. The summed E-state index contributed by atoms with van der Waals surface area (Å²) in [7, 11) is 2.52. The van der Waals surface area contributed by atoms with E-state index in [0.29, 0.717) is 18.0 Å². The van der Waals surface area contributed by atoms with Gasteiger partial charge in [0.2, 0.25) is 0 Å². The summed E-state index contributed by atoms with van der Waals surface area (Å²) in [6.07, 6.45) is 2.23. The Bertz CT molecular complexity index is 1550. The molecule has 0 unspecified atom stereocenters. The van der Waals surface area contributed by atoms with Crippen LogP contribution in [0.3, 0.4) is 0 Å². The Labute approximate surface area is 266 Å². The zero-order valence-corrected chi connectivity index (χ0v) is 27.0. The molecule has 236 valence electrons. The quantitative estimate of drug-likeness (QED) is 0.203. The number of carbonyl (C=O) groups excluding carboxylic acids is 3. The van der Waals surface area contributed by atoms with E-state index in [4.69, 9.17) is 14.2 Å². The average Bonchev–Trinajstić information content (AvgIpc) is 3.41. The molecule has 7 heteroatoms. The minimum atomic E-state index is -1.24. The number of anilines is 1. The minimum Gasteiger partial charge on any atom is -0.466 e. The van der Waals surface area contributed by atoms with Crippen LogP contribution in [-0.2, 0) is 34.0 Å². The molecule has 2 aliphatic rings. The van der Waals surface area contributed by atoms with Crippen molar-refractivity contribution in [2.24, 2.45) is 11.8 Å². The van der Waals surface area contributed by atoms with E-state index >= 15 is 0 Å². The van der Waals surface area contributed by atoms with Crippen molar-refractivity contribution in [2.75, 3.05) is 19.1 Å². The number of rotatable bonds is 8. The lowest BCUT2D eigenvalue weighted by Crippen LogP contribution is -2.48. The van der Waals surface area contributed by atoms with Gasteiger partial charge in [-0.05, 0) is 54.4 Å². The van der Waals surface area contributed by atoms with E-state index in [1.807, 2.05) is 79.7 Å². The third-order valence-corrected chi connectivity index (χ3v) is 9.64. The molecule has 0 bridgehead atoms. The zero-order chi connectivity index (χ0) is 32.3. The maximum absolute atomic E-state index is 14.7. The van der Waals surface area contributed by atoms with Gasteiger partial charge in [-0.15, -0.1) is 0 Å². The topological polar surface area (TPSA) is 82.1 Å². The number of ether oxygens (including phenoxy) is 3. The van der Waals surface area contributed by atoms with Crippen molar-refractivity contribution in [3.05, 3.63) is 113 Å². The van der Waals surface area contributed by atoms with E-state index in [1.165, 1.54) is 19.8 Å². The van der Waals surface area contributed by atoms with Crippen LogP contribution < -0.4 is 4.90 Å². The van der Waals surface area contributed by atoms with Gasteiger partial charge in [-0.2, -0.15) is 0 Å². The Kier molecular flexibility index (Phi) is 9.47. The van der Waals surface area contributed by atoms with E-state index < -0.39 is 36.1 Å². The summed E-state index contributed by atoms with van der Waals surface area (Å²) in [5.74, 6) is -1.66. The van der Waals surface area contributed by atoms with Crippen molar-refractivity contribution in [1.29, 1.82) is 0 Å². The van der Waals surface area contributed by atoms with Crippen LogP contribution in [0.1, 0.15) is 62.8 Å². The summed E-state index contributed by atoms with van der Waals surface area (Å²) in [5, 5.41) is 0. The van der Waals surface area contributed by atoms with Crippen LogP contribution in [0.4, 0.5) is 5.69 Å². The summed E-state index contributed by atoms with van der Waals surface area (Å²) in [4.78, 5) is 43.6. The van der Waals surface area contributed by atoms with Crippen molar-refractivity contribution in [1.82, 2.24) is 0 Å². The third kappa shape index (κ3) is 6.26. The van der Waals surface area contributed by atoms with Crippen LogP contribution in [0.15, 0.2) is 96.1 Å². The Morgan fingerprint density at radius 2 is 1.36 bits per heavy atom. The Hall–Kier alpha value is -4.39. The molecule has 1 aliphatic heterocycles. The molecule has 0 N–H and O–H groups in total. The second-order valence-corrected chi connectivity index (χ2v) is 12.9. The number of nitrogens with zero attached hydrogens (tertiary/aromatic N) is 1. The molecule has 3 aromatic rings. The minimum absolute atomic E-state index is 0.0464. The number of hydrogen-bond donors (Lipinski definition) is 0. The van der Waals surface area contributed by atoms with Crippen molar-refractivity contribution in [3.63, 3.8) is 0 Å². The van der Waals surface area contributed by atoms with Crippen molar-refractivity contribution >= 4 is 23.6 Å². The van der Waals surface area contributed by atoms with E-state index in [9.17, 15) is 14.4 Å². The SMILES string of the molecule is COC(=O)C1=C(C(=O)OC)[C@H](c2ccc(C)cc2)N(c2ccccc2)[C@H]1C(=O)O[C@@H]1C[C@H](C)CC[C@H]1C(C)(C)c1ccccc1. The highest BCUT2D eigenvalue weighted by molar-refractivity contribution is 6.10. The van der Waals surface area contributed by atoms with Gasteiger partial charge in [0, 0.05) is 11.6 Å². The van der Waals surface area contributed by atoms with Gasteiger partial charge in [-0.3, -0.25) is 0 Å². The third-order valence-electron chi connectivity index (χ3n) is 9.64. The first-order valence-corrected chi connectivity index (χ1v) is 15.6. The van der Waals surface area contributed by atoms with E-state index in [-0.39, 0.29) is 22.5 Å². The van der Waals surface area contributed by atoms with Gasteiger partial charge < -0.3 is 19.1 Å². The molecule has 0 amide bonds. The fourth-order valence-corrected chi connectivity index (χ4v) is 7.17. The monoisotopic (exact) mass is 609 g/mol. The van der Waals surface area contributed by atoms with Gasteiger partial charge in [-0.25, -0.2) is 14.4 Å². The number of aryl methyl sites for hydroxylation is 1. The lowest BCUT2D eigenvalue weighted by atomic mass is 9.64. The number of para-hydroxylation sites is 1. The first-order chi connectivity index (χ1) is 21.6. The molecule has 5 rings (SSSR count).